The molecule has 0 saturated carbocycles. The van der Waals surface area contributed by atoms with Crippen LogP contribution in [-0.2, 0) is 0 Å². The number of halogens is 2. The van der Waals surface area contributed by atoms with Crippen LogP contribution in [0, 0.1) is 5.82 Å². The van der Waals surface area contributed by atoms with Crippen molar-refractivity contribution in [3.05, 3.63) is 41.3 Å². The Balaban J connectivity index is 2.58. The number of nitrogens with two attached hydrogens (primary N) is 1. The zero-order valence-electron chi connectivity index (χ0n) is 8.39. The van der Waals surface area contributed by atoms with Gasteiger partial charge in [-0.25, -0.2) is 14.4 Å². The number of hydrogen-bond donors (Lipinski definition) is 1. The van der Waals surface area contributed by atoms with Gasteiger partial charge in [0, 0.05) is 11.8 Å². The molecule has 0 unspecified atom stereocenters. The summed E-state index contributed by atoms with van der Waals surface area (Å²) >= 11 is 5.86. The molecule has 2 aromatic heterocycles. The first kappa shape index (κ1) is 11.4. The van der Waals surface area contributed by atoms with Crippen LogP contribution in [0.3, 0.4) is 0 Å². The van der Waals surface area contributed by atoms with Crippen LogP contribution in [0.4, 0.5) is 4.39 Å². The fourth-order valence-electron chi connectivity index (χ4n) is 1.23. The van der Waals surface area contributed by atoms with Crippen molar-refractivity contribution < 1.29 is 9.18 Å². The summed E-state index contributed by atoms with van der Waals surface area (Å²) in [6, 6.07) is 1.20. The Morgan fingerprint density at radius 2 is 2.12 bits per heavy atom. The van der Waals surface area contributed by atoms with Gasteiger partial charge in [0.15, 0.2) is 0 Å². The molecule has 0 aliphatic rings. The molecule has 86 valence electrons. The monoisotopic (exact) mass is 252 g/mol. The fraction of sp³-hybridized carbons (Fsp3) is 0. The molecule has 0 radical (unpaired) electrons. The maximum absolute atomic E-state index is 13.0. The summed E-state index contributed by atoms with van der Waals surface area (Å²) < 4.78 is 13.0. The van der Waals surface area contributed by atoms with Crippen molar-refractivity contribution in [1.82, 2.24) is 15.0 Å². The molecule has 17 heavy (non-hydrogen) atoms. The molecular weight excluding hydrogens is 247 g/mol. The average Bonchev–Trinajstić information content (AvgIpc) is 2.29. The van der Waals surface area contributed by atoms with Gasteiger partial charge in [-0.15, -0.1) is 0 Å². The van der Waals surface area contributed by atoms with E-state index in [9.17, 15) is 9.18 Å². The molecule has 0 fully saturated rings. The van der Waals surface area contributed by atoms with E-state index in [1.165, 1.54) is 18.5 Å². The first-order valence-electron chi connectivity index (χ1n) is 4.51. The standard InChI is InChI=1S/C10H6ClFN4O/c11-7-4-15-10(9(13)17)16-8(7)5-1-6(12)3-14-2-5/h1-4H,(H2,13,17). The van der Waals surface area contributed by atoms with Crippen LogP contribution in [0.2, 0.25) is 5.02 Å². The van der Waals surface area contributed by atoms with E-state index in [1.807, 2.05) is 0 Å². The van der Waals surface area contributed by atoms with E-state index >= 15 is 0 Å². The van der Waals surface area contributed by atoms with Gasteiger partial charge in [-0.2, -0.15) is 0 Å². The minimum absolute atomic E-state index is 0.183. The van der Waals surface area contributed by atoms with Gasteiger partial charge in [0.1, 0.15) is 5.82 Å². The van der Waals surface area contributed by atoms with Gasteiger partial charge in [0.2, 0.25) is 5.82 Å². The molecule has 5 nitrogen and oxygen atoms in total. The van der Waals surface area contributed by atoms with Gasteiger partial charge in [-0.3, -0.25) is 9.78 Å². The number of nitrogens with zero attached hydrogens (tertiary/aromatic N) is 3. The van der Waals surface area contributed by atoms with Crippen LogP contribution in [0.5, 0.6) is 0 Å². The molecule has 0 atom stereocenters. The lowest BCUT2D eigenvalue weighted by Crippen LogP contribution is -2.15. The molecule has 0 aromatic carbocycles. The zero-order chi connectivity index (χ0) is 12.4. The predicted octanol–water partition coefficient (Wildman–Crippen LogP) is 1.43. The van der Waals surface area contributed by atoms with Gasteiger partial charge in [-0.05, 0) is 6.07 Å². The lowest BCUT2D eigenvalue weighted by atomic mass is 10.2. The fourth-order valence-corrected chi connectivity index (χ4v) is 1.43. The zero-order valence-corrected chi connectivity index (χ0v) is 9.15. The number of carbonyl (C=O) groups excluding carboxylic acids is 1. The third kappa shape index (κ3) is 2.36. The second-order valence-corrected chi connectivity index (χ2v) is 3.55. The van der Waals surface area contributed by atoms with Crippen LogP contribution in [0.15, 0.2) is 24.7 Å². The highest BCUT2D eigenvalue weighted by molar-refractivity contribution is 6.32. The largest absolute Gasteiger partial charge is 0.363 e. The quantitative estimate of drug-likeness (QED) is 0.877. The lowest BCUT2D eigenvalue weighted by Gasteiger charge is -2.03. The maximum Gasteiger partial charge on any atom is 0.286 e. The maximum atomic E-state index is 13.0. The second kappa shape index (κ2) is 4.42. The molecule has 0 spiro atoms. The number of aromatic nitrogens is 3. The number of primary amides is 1. The van der Waals surface area contributed by atoms with Crippen LogP contribution >= 0.6 is 11.6 Å². The Morgan fingerprint density at radius 1 is 1.35 bits per heavy atom. The van der Waals surface area contributed by atoms with Gasteiger partial charge >= 0.3 is 0 Å². The molecule has 2 heterocycles. The summed E-state index contributed by atoms with van der Waals surface area (Å²) in [5.41, 5.74) is 5.60. The highest BCUT2D eigenvalue weighted by Crippen LogP contribution is 2.24. The summed E-state index contributed by atoms with van der Waals surface area (Å²) in [5.74, 6) is -1.50. The molecule has 0 aliphatic heterocycles. The second-order valence-electron chi connectivity index (χ2n) is 3.15. The topological polar surface area (TPSA) is 81.8 Å². The lowest BCUT2D eigenvalue weighted by molar-refractivity contribution is 0.0990. The number of hydrogen-bond acceptors (Lipinski definition) is 4. The molecule has 0 aliphatic carbocycles. The highest BCUT2D eigenvalue weighted by atomic mass is 35.5. The molecule has 0 saturated heterocycles. The number of rotatable bonds is 2. The predicted molar refractivity (Wildman–Crippen MR) is 58.7 cm³/mol. The van der Waals surface area contributed by atoms with Crippen molar-refractivity contribution in [3.8, 4) is 11.3 Å². The van der Waals surface area contributed by atoms with E-state index in [0.717, 1.165) is 6.20 Å². The van der Waals surface area contributed by atoms with Crippen molar-refractivity contribution in [1.29, 1.82) is 0 Å². The Morgan fingerprint density at radius 3 is 2.76 bits per heavy atom. The number of pyridine rings is 1. The Hall–Kier alpha value is -2.08. The van der Waals surface area contributed by atoms with Crippen molar-refractivity contribution in [2.45, 2.75) is 0 Å². The molecule has 1 amide bonds. The average molecular weight is 253 g/mol. The third-order valence-electron chi connectivity index (χ3n) is 1.94. The Bertz CT molecular complexity index is 590. The summed E-state index contributed by atoms with van der Waals surface area (Å²) in [6.07, 6.45) is 3.66. The molecule has 2 N–H and O–H groups in total. The summed E-state index contributed by atoms with van der Waals surface area (Å²) in [7, 11) is 0. The minimum Gasteiger partial charge on any atom is -0.363 e. The number of carbonyl (C=O) groups is 1. The molecule has 2 aromatic rings. The van der Waals surface area contributed by atoms with Crippen LogP contribution in [-0.4, -0.2) is 20.9 Å². The first-order valence-corrected chi connectivity index (χ1v) is 4.89. The van der Waals surface area contributed by atoms with Gasteiger partial charge in [0.25, 0.3) is 5.91 Å². The number of amides is 1. The summed E-state index contributed by atoms with van der Waals surface area (Å²) in [4.78, 5) is 22.1. The van der Waals surface area contributed by atoms with Crippen LogP contribution in [0.25, 0.3) is 11.3 Å². The SMILES string of the molecule is NC(=O)c1ncc(Cl)c(-c2cncc(F)c2)n1. The summed E-state index contributed by atoms with van der Waals surface area (Å²) in [5, 5.41) is 0.183. The van der Waals surface area contributed by atoms with Crippen molar-refractivity contribution >= 4 is 17.5 Å². The van der Waals surface area contributed by atoms with Crippen LogP contribution in [0.1, 0.15) is 10.6 Å². The van der Waals surface area contributed by atoms with E-state index < -0.39 is 11.7 Å². The molecule has 0 bridgehead atoms. The van der Waals surface area contributed by atoms with Crippen molar-refractivity contribution in [2.24, 2.45) is 5.73 Å². The summed E-state index contributed by atoms with van der Waals surface area (Å²) in [6.45, 7) is 0. The first-order chi connectivity index (χ1) is 8.08. The van der Waals surface area contributed by atoms with Crippen molar-refractivity contribution in [2.75, 3.05) is 0 Å². The normalized spacial score (nSPS) is 10.2. The molecule has 2 rings (SSSR count). The Labute approximate surface area is 100 Å². The molecular formula is C10H6ClFN4O. The highest BCUT2D eigenvalue weighted by Gasteiger charge is 2.12. The van der Waals surface area contributed by atoms with E-state index in [-0.39, 0.29) is 16.5 Å². The smallest absolute Gasteiger partial charge is 0.286 e. The van der Waals surface area contributed by atoms with E-state index in [2.05, 4.69) is 15.0 Å². The van der Waals surface area contributed by atoms with Gasteiger partial charge in [-0.1, -0.05) is 11.6 Å². The van der Waals surface area contributed by atoms with E-state index in [1.54, 1.807) is 0 Å². The minimum atomic E-state index is -0.785. The molecule has 7 heteroatoms. The Kier molecular flexibility index (Phi) is 2.97. The van der Waals surface area contributed by atoms with Gasteiger partial charge in [0.05, 0.1) is 23.1 Å². The van der Waals surface area contributed by atoms with Gasteiger partial charge < -0.3 is 5.73 Å². The van der Waals surface area contributed by atoms with E-state index in [4.69, 9.17) is 17.3 Å². The van der Waals surface area contributed by atoms with E-state index in [0.29, 0.717) is 5.56 Å². The van der Waals surface area contributed by atoms with Crippen LogP contribution < -0.4 is 5.73 Å². The van der Waals surface area contributed by atoms with Crippen molar-refractivity contribution in [3.63, 3.8) is 0 Å². The third-order valence-corrected chi connectivity index (χ3v) is 2.22.